The highest BCUT2D eigenvalue weighted by molar-refractivity contribution is 5.71. The molecule has 0 fully saturated rings. The fourth-order valence-corrected chi connectivity index (χ4v) is 0.913. The van der Waals surface area contributed by atoms with Crippen LogP contribution in [0.3, 0.4) is 0 Å². The van der Waals surface area contributed by atoms with Crippen LogP contribution in [0.1, 0.15) is 5.56 Å². The van der Waals surface area contributed by atoms with E-state index < -0.39 is 28.9 Å². The summed E-state index contributed by atoms with van der Waals surface area (Å²) in [6.45, 7) is 2.78. The first-order chi connectivity index (χ1) is 6.32. The van der Waals surface area contributed by atoms with Gasteiger partial charge >= 0.3 is 6.18 Å². The Labute approximate surface area is 77.3 Å². The molecule has 14 heavy (non-hydrogen) atoms. The van der Waals surface area contributed by atoms with Crippen LogP contribution in [0.5, 0.6) is 5.75 Å². The van der Waals surface area contributed by atoms with Crippen LogP contribution < -0.4 is 0 Å². The van der Waals surface area contributed by atoms with Crippen LogP contribution >= 0.6 is 0 Å². The molecular formula is C9H6F4O. The minimum Gasteiger partial charge on any atom is -0.507 e. The van der Waals surface area contributed by atoms with Crippen LogP contribution in [0.2, 0.25) is 0 Å². The zero-order chi connectivity index (χ0) is 10.9. The van der Waals surface area contributed by atoms with Gasteiger partial charge in [0.2, 0.25) is 0 Å². The van der Waals surface area contributed by atoms with E-state index in [-0.39, 0.29) is 0 Å². The van der Waals surface area contributed by atoms with Crippen molar-refractivity contribution in [2.45, 2.75) is 6.18 Å². The van der Waals surface area contributed by atoms with Gasteiger partial charge in [-0.2, -0.15) is 13.2 Å². The molecule has 76 valence electrons. The largest absolute Gasteiger partial charge is 0.507 e. The maximum atomic E-state index is 12.4. The summed E-state index contributed by atoms with van der Waals surface area (Å²) in [7, 11) is 0. The van der Waals surface area contributed by atoms with Crippen LogP contribution in [0, 0.1) is 5.82 Å². The topological polar surface area (TPSA) is 20.2 Å². The first-order valence-corrected chi connectivity index (χ1v) is 3.57. The van der Waals surface area contributed by atoms with Crippen LogP contribution in [-0.4, -0.2) is 11.3 Å². The lowest BCUT2D eigenvalue weighted by Crippen LogP contribution is -2.09. The van der Waals surface area contributed by atoms with Crippen LogP contribution in [-0.2, 0) is 0 Å². The monoisotopic (exact) mass is 206 g/mol. The van der Waals surface area contributed by atoms with Crippen LogP contribution in [0.15, 0.2) is 24.8 Å². The highest BCUT2D eigenvalue weighted by Crippen LogP contribution is 2.36. The Morgan fingerprint density at radius 1 is 1.29 bits per heavy atom. The van der Waals surface area contributed by atoms with Crippen molar-refractivity contribution in [1.29, 1.82) is 0 Å². The number of halogens is 4. The van der Waals surface area contributed by atoms with Crippen molar-refractivity contribution in [3.05, 3.63) is 36.2 Å². The van der Waals surface area contributed by atoms with E-state index in [0.29, 0.717) is 6.07 Å². The molecule has 0 heterocycles. The number of phenolic OH excluding ortho intramolecular Hbond substituents is 1. The van der Waals surface area contributed by atoms with E-state index in [4.69, 9.17) is 5.11 Å². The molecule has 1 nitrogen and oxygen atoms in total. The van der Waals surface area contributed by atoms with Gasteiger partial charge in [0.1, 0.15) is 11.6 Å². The van der Waals surface area contributed by atoms with Crippen molar-refractivity contribution in [1.82, 2.24) is 0 Å². The van der Waals surface area contributed by atoms with Crippen molar-refractivity contribution in [2.24, 2.45) is 0 Å². The minimum atomic E-state index is -4.63. The molecule has 0 amide bonds. The highest BCUT2D eigenvalue weighted by Gasteiger charge is 2.34. The van der Waals surface area contributed by atoms with Gasteiger partial charge in [0, 0.05) is 11.6 Å². The van der Waals surface area contributed by atoms with Gasteiger partial charge < -0.3 is 5.11 Å². The predicted molar refractivity (Wildman–Crippen MR) is 43.2 cm³/mol. The Bertz CT molecular complexity index is 368. The molecule has 0 saturated carbocycles. The standard InChI is InChI=1S/C9H6F4O/c1-5(9(11,12)13)7-3-2-6(10)4-8(7)14/h2-4,14H,1H2. The molecule has 1 aromatic rings. The first kappa shape index (κ1) is 10.6. The lowest BCUT2D eigenvalue weighted by molar-refractivity contribution is -0.0687. The number of benzene rings is 1. The fourth-order valence-electron chi connectivity index (χ4n) is 0.913. The molecule has 1 aromatic carbocycles. The van der Waals surface area contributed by atoms with Gasteiger partial charge in [-0.1, -0.05) is 6.58 Å². The van der Waals surface area contributed by atoms with Crippen molar-refractivity contribution < 1.29 is 22.7 Å². The molecule has 0 aliphatic heterocycles. The molecule has 1 N–H and O–H groups in total. The summed E-state index contributed by atoms with van der Waals surface area (Å²) in [5.41, 5.74) is -1.71. The second-order valence-electron chi connectivity index (χ2n) is 2.64. The van der Waals surface area contributed by atoms with Gasteiger partial charge in [0.15, 0.2) is 0 Å². The van der Waals surface area contributed by atoms with Crippen LogP contribution in [0.25, 0.3) is 5.57 Å². The normalized spacial score (nSPS) is 11.4. The molecule has 0 bridgehead atoms. The third-order valence-corrected chi connectivity index (χ3v) is 1.63. The summed E-state index contributed by atoms with van der Waals surface area (Å²) >= 11 is 0. The summed E-state index contributed by atoms with van der Waals surface area (Å²) < 4.78 is 48.8. The van der Waals surface area contributed by atoms with Crippen molar-refractivity contribution in [2.75, 3.05) is 0 Å². The van der Waals surface area contributed by atoms with E-state index in [1.807, 2.05) is 0 Å². The molecule has 0 aliphatic rings. The zero-order valence-corrected chi connectivity index (χ0v) is 6.90. The summed E-state index contributed by atoms with van der Waals surface area (Å²) in [6, 6.07) is 2.26. The van der Waals surface area contributed by atoms with Crippen LogP contribution in [0.4, 0.5) is 17.6 Å². The second kappa shape index (κ2) is 3.32. The van der Waals surface area contributed by atoms with Gasteiger partial charge in [0.05, 0.1) is 5.57 Å². The van der Waals surface area contributed by atoms with Gasteiger partial charge in [-0.3, -0.25) is 0 Å². The maximum absolute atomic E-state index is 12.4. The molecule has 0 radical (unpaired) electrons. The molecule has 0 aromatic heterocycles. The number of allylic oxidation sites excluding steroid dienone is 1. The quantitative estimate of drug-likeness (QED) is 0.700. The predicted octanol–water partition coefficient (Wildman–Crippen LogP) is 3.11. The smallest absolute Gasteiger partial charge is 0.416 e. The molecule has 5 heteroatoms. The van der Waals surface area contributed by atoms with Gasteiger partial charge in [-0.05, 0) is 12.1 Å². The summed E-state index contributed by atoms with van der Waals surface area (Å²) in [6.07, 6.45) is -4.63. The van der Waals surface area contributed by atoms with Crippen molar-refractivity contribution >= 4 is 5.57 Å². The number of alkyl halides is 3. The Kier molecular flexibility index (Phi) is 2.51. The number of phenols is 1. The van der Waals surface area contributed by atoms with E-state index >= 15 is 0 Å². The molecule has 1 rings (SSSR count). The SMILES string of the molecule is C=C(c1ccc(F)cc1O)C(F)(F)F. The van der Waals surface area contributed by atoms with E-state index in [2.05, 4.69) is 6.58 Å². The minimum absolute atomic E-state index is 0.515. The maximum Gasteiger partial charge on any atom is 0.416 e. The van der Waals surface area contributed by atoms with E-state index in [1.165, 1.54) is 0 Å². The summed E-state index contributed by atoms with van der Waals surface area (Å²) in [4.78, 5) is 0. The molecule has 0 unspecified atom stereocenters. The number of hydrogen-bond donors (Lipinski definition) is 1. The van der Waals surface area contributed by atoms with Crippen molar-refractivity contribution in [3.63, 3.8) is 0 Å². The average molecular weight is 206 g/mol. The second-order valence-corrected chi connectivity index (χ2v) is 2.64. The Morgan fingerprint density at radius 2 is 1.86 bits per heavy atom. The molecule has 0 aliphatic carbocycles. The number of rotatable bonds is 1. The molecule has 0 saturated heterocycles. The molecule has 0 atom stereocenters. The number of aromatic hydroxyl groups is 1. The van der Waals surface area contributed by atoms with Gasteiger partial charge in [-0.15, -0.1) is 0 Å². The Balaban J connectivity index is 3.15. The average Bonchev–Trinajstić information content (AvgIpc) is 2.01. The third kappa shape index (κ3) is 2.04. The lowest BCUT2D eigenvalue weighted by atomic mass is 10.1. The third-order valence-electron chi connectivity index (χ3n) is 1.63. The molecule has 0 spiro atoms. The zero-order valence-electron chi connectivity index (χ0n) is 6.90. The lowest BCUT2D eigenvalue weighted by Gasteiger charge is -2.11. The Hall–Kier alpha value is -1.52. The number of hydrogen-bond acceptors (Lipinski definition) is 1. The molecular weight excluding hydrogens is 200 g/mol. The van der Waals surface area contributed by atoms with E-state index in [1.54, 1.807) is 0 Å². The first-order valence-electron chi connectivity index (χ1n) is 3.57. The van der Waals surface area contributed by atoms with Gasteiger partial charge in [-0.25, -0.2) is 4.39 Å². The van der Waals surface area contributed by atoms with E-state index in [0.717, 1.165) is 12.1 Å². The van der Waals surface area contributed by atoms with Crippen molar-refractivity contribution in [3.8, 4) is 5.75 Å². The highest BCUT2D eigenvalue weighted by atomic mass is 19.4. The van der Waals surface area contributed by atoms with E-state index in [9.17, 15) is 17.6 Å². The summed E-state index contributed by atoms with van der Waals surface area (Å²) in [5, 5.41) is 9.02. The Morgan fingerprint density at radius 3 is 2.29 bits per heavy atom. The van der Waals surface area contributed by atoms with Gasteiger partial charge in [0.25, 0.3) is 0 Å². The fraction of sp³-hybridized carbons (Fsp3) is 0.111. The summed E-state index contributed by atoms with van der Waals surface area (Å²) in [5.74, 6) is -1.58.